The molecule has 0 radical (unpaired) electrons. The average molecular weight is 459 g/mol. The van der Waals surface area contributed by atoms with Gasteiger partial charge in [-0.15, -0.1) is 0 Å². The van der Waals surface area contributed by atoms with E-state index in [1.165, 1.54) is 4.90 Å². The number of amides is 2. The van der Waals surface area contributed by atoms with E-state index in [4.69, 9.17) is 4.74 Å². The van der Waals surface area contributed by atoms with Crippen LogP contribution in [0, 0.1) is 13.8 Å². The number of benzene rings is 2. The first kappa shape index (κ1) is 22.2. The molecule has 2 aromatic carbocycles. The minimum atomic E-state index is -0.178. The number of rotatable bonds is 6. The molecule has 0 N–H and O–H groups in total. The lowest BCUT2D eigenvalue weighted by Gasteiger charge is -2.37. The average Bonchev–Trinajstić information content (AvgIpc) is 3.28. The van der Waals surface area contributed by atoms with Crippen molar-refractivity contribution in [3.8, 4) is 11.4 Å². The number of methoxy groups -OCH3 is 1. The number of carbonyl (C=O) groups is 2. The first-order chi connectivity index (χ1) is 16.5. The Kier molecular flexibility index (Phi) is 5.87. The van der Waals surface area contributed by atoms with Gasteiger partial charge in [-0.3, -0.25) is 19.4 Å². The number of para-hydroxylation sites is 3. The van der Waals surface area contributed by atoms with Crippen LogP contribution in [0.25, 0.3) is 5.69 Å². The summed E-state index contributed by atoms with van der Waals surface area (Å²) in [7, 11) is 1.70. The number of imide groups is 1. The van der Waals surface area contributed by atoms with Gasteiger partial charge >= 0.3 is 0 Å². The summed E-state index contributed by atoms with van der Waals surface area (Å²) < 4.78 is 7.51. The van der Waals surface area contributed by atoms with Gasteiger partial charge in [0.25, 0.3) is 11.8 Å². The van der Waals surface area contributed by atoms with Crippen LogP contribution < -0.4 is 9.64 Å². The maximum absolute atomic E-state index is 13.3. The van der Waals surface area contributed by atoms with Gasteiger partial charge in [-0.05, 0) is 38.1 Å². The van der Waals surface area contributed by atoms with Crippen molar-refractivity contribution in [3.63, 3.8) is 0 Å². The number of hydrogen-bond acceptors (Lipinski definition) is 5. The quantitative estimate of drug-likeness (QED) is 0.529. The third kappa shape index (κ3) is 3.66. The van der Waals surface area contributed by atoms with E-state index in [1.54, 1.807) is 7.11 Å². The first-order valence-electron chi connectivity index (χ1n) is 11.7. The van der Waals surface area contributed by atoms with Gasteiger partial charge in [0.1, 0.15) is 5.75 Å². The van der Waals surface area contributed by atoms with Crippen LogP contribution in [-0.2, 0) is 0 Å². The Hall–Kier alpha value is -3.58. The summed E-state index contributed by atoms with van der Waals surface area (Å²) in [6.45, 7) is 8.43. The van der Waals surface area contributed by atoms with Gasteiger partial charge in [-0.1, -0.05) is 30.3 Å². The molecule has 3 heterocycles. The molecular weight excluding hydrogens is 428 g/mol. The molecule has 0 unspecified atom stereocenters. The van der Waals surface area contributed by atoms with E-state index in [1.807, 2.05) is 66.9 Å². The highest BCUT2D eigenvalue weighted by molar-refractivity contribution is 6.22. The van der Waals surface area contributed by atoms with Crippen LogP contribution in [0.5, 0.6) is 5.75 Å². The van der Waals surface area contributed by atoms with Crippen molar-refractivity contribution >= 4 is 17.5 Å². The molecule has 34 heavy (non-hydrogen) atoms. The van der Waals surface area contributed by atoms with E-state index < -0.39 is 0 Å². The van der Waals surface area contributed by atoms with E-state index in [9.17, 15) is 9.59 Å². The second-order valence-corrected chi connectivity index (χ2v) is 8.85. The van der Waals surface area contributed by atoms with Crippen LogP contribution in [0.3, 0.4) is 0 Å². The number of anilines is 1. The molecule has 0 bridgehead atoms. The Balaban J connectivity index is 1.24. The second-order valence-electron chi connectivity index (χ2n) is 8.85. The SMILES string of the molecule is COc1ccccc1N1CCN(CCN2C(=O)c3c(c(C)n(-c4ccccc4)c3C)C2=O)CC1. The summed E-state index contributed by atoms with van der Waals surface area (Å²) in [6, 6.07) is 17.9. The van der Waals surface area contributed by atoms with Crippen molar-refractivity contribution in [2.24, 2.45) is 0 Å². The minimum Gasteiger partial charge on any atom is -0.495 e. The maximum atomic E-state index is 13.3. The zero-order valence-corrected chi connectivity index (χ0v) is 20.0. The van der Waals surface area contributed by atoms with Crippen molar-refractivity contribution in [1.82, 2.24) is 14.4 Å². The first-order valence-corrected chi connectivity index (χ1v) is 11.7. The predicted molar refractivity (Wildman–Crippen MR) is 132 cm³/mol. The van der Waals surface area contributed by atoms with Crippen LogP contribution in [0.1, 0.15) is 32.1 Å². The molecule has 2 amide bonds. The number of nitrogens with zero attached hydrogens (tertiary/aromatic N) is 4. The van der Waals surface area contributed by atoms with Crippen LogP contribution >= 0.6 is 0 Å². The number of hydrogen-bond donors (Lipinski definition) is 0. The van der Waals surface area contributed by atoms with Crippen molar-refractivity contribution in [2.45, 2.75) is 13.8 Å². The molecular formula is C27H30N4O3. The number of aromatic nitrogens is 1. The Morgan fingerprint density at radius 3 is 1.97 bits per heavy atom. The Labute approximate surface area is 200 Å². The van der Waals surface area contributed by atoms with Gasteiger partial charge in [0.15, 0.2) is 0 Å². The molecule has 0 saturated carbocycles. The van der Waals surface area contributed by atoms with Crippen molar-refractivity contribution in [2.75, 3.05) is 51.3 Å². The molecule has 5 rings (SSSR count). The van der Waals surface area contributed by atoms with Crippen molar-refractivity contribution < 1.29 is 14.3 Å². The van der Waals surface area contributed by atoms with E-state index in [0.29, 0.717) is 24.2 Å². The highest BCUT2D eigenvalue weighted by Crippen LogP contribution is 2.33. The molecule has 2 aliphatic rings. The summed E-state index contributed by atoms with van der Waals surface area (Å²) in [5, 5.41) is 0. The smallest absolute Gasteiger partial charge is 0.263 e. The molecule has 7 nitrogen and oxygen atoms in total. The van der Waals surface area contributed by atoms with E-state index >= 15 is 0 Å². The van der Waals surface area contributed by atoms with Crippen molar-refractivity contribution in [3.05, 3.63) is 77.1 Å². The molecule has 0 atom stereocenters. The zero-order valence-electron chi connectivity index (χ0n) is 20.0. The monoisotopic (exact) mass is 458 g/mol. The lowest BCUT2D eigenvalue weighted by Crippen LogP contribution is -2.49. The number of fused-ring (bicyclic) bond motifs is 1. The van der Waals surface area contributed by atoms with Gasteiger partial charge in [0.2, 0.25) is 0 Å². The predicted octanol–water partition coefficient (Wildman–Crippen LogP) is 3.52. The molecule has 1 saturated heterocycles. The molecule has 176 valence electrons. The van der Waals surface area contributed by atoms with Gasteiger partial charge in [0, 0.05) is 56.3 Å². The number of ether oxygens (including phenoxy) is 1. The molecule has 7 heteroatoms. The fraction of sp³-hybridized carbons (Fsp3) is 0.333. The van der Waals surface area contributed by atoms with Gasteiger partial charge in [-0.25, -0.2) is 0 Å². The summed E-state index contributed by atoms with van der Waals surface area (Å²) in [5.74, 6) is 0.526. The molecule has 0 aliphatic carbocycles. The number of piperazine rings is 1. The minimum absolute atomic E-state index is 0.178. The Bertz CT molecular complexity index is 1190. The fourth-order valence-corrected chi connectivity index (χ4v) is 5.23. The summed E-state index contributed by atoms with van der Waals surface area (Å²) in [6.07, 6.45) is 0. The van der Waals surface area contributed by atoms with Crippen molar-refractivity contribution in [1.29, 1.82) is 0 Å². The molecule has 0 spiro atoms. The molecule has 1 aromatic heterocycles. The van der Waals surface area contributed by atoms with Crippen LogP contribution in [0.2, 0.25) is 0 Å². The summed E-state index contributed by atoms with van der Waals surface area (Å²) >= 11 is 0. The fourth-order valence-electron chi connectivity index (χ4n) is 5.23. The van der Waals surface area contributed by atoms with E-state index in [2.05, 4.69) is 15.9 Å². The number of carbonyl (C=O) groups excluding carboxylic acids is 2. The van der Waals surface area contributed by atoms with Gasteiger partial charge in [0.05, 0.1) is 23.9 Å². The van der Waals surface area contributed by atoms with Crippen LogP contribution in [-0.4, -0.2) is 72.6 Å². The largest absolute Gasteiger partial charge is 0.495 e. The van der Waals surface area contributed by atoms with E-state index in [0.717, 1.165) is 54.7 Å². The molecule has 1 fully saturated rings. The Morgan fingerprint density at radius 1 is 0.765 bits per heavy atom. The highest BCUT2D eigenvalue weighted by Gasteiger charge is 2.41. The highest BCUT2D eigenvalue weighted by atomic mass is 16.5. The van der Waals surface area contributed by atoms with Gasteiger partial charge in [-0.2, -0.15) is 0 Å². The van der Waals surface area contributed by atoms with E-state index in [-0.39, 0.29) is 11.8 Å². The topological polar surface area (TPSA) is 58.0 Å². The second kappa shape index (κ2) is 8.99. The maximum Gasteiger partial charge on any atom is 0.263 e. The van der Waals surface area contributed by atoms with Crippen LogP contribution in [0.4, 0.5) is 5.69 Å². The van der Waals surface area contributed by atoms with Crippen LogP contribution in [0.15, 0.2) is 54.6 Å². The third-order valence-corrected chi connectivity index (χ3v) is 7.01. The normalized spacial score (nSPS) is 16.3. The standard InChI is InChI=1S/C27H30N4O3/c1-19-24-25(20(2)31(19)21-9-5-4-6-10-21)27(33)30(26(24)32)18-15-28-13-16-29(17-14-28)22-11-7-8-12-23(22)34-3/h4-12H,13-18H2,1-3H3. The third-order valence-electron chi connectivity index (χ3n) is 7.01. The molecule has 3 aromatic rings. The zero-order chi connectivity index (χ0) is 23.8. The lowest BCUT2D eigenvalue weighted by molar-refractivity contribution is 0.0633. The summed E-state index contributed by atoms with van der Waals surface area (Å²) in [5.41, 5.74) is 4.82. The molecule has 2 aliphatic heterocycles. The lowest BCUT2D eigenvalue weighted by atomic mass is 10.1. The summed E-state index contributed by atoms with van der Waals surface area (Å²) in [4.78, 5) is 32.6. The van der Waals surface area contributed by atoms with Gasteiger partial charge < -0.3 is 14.2 Å². The Morgan fingerprint density at radius 2 is 1.35 bits per heavy atom.